The highest BCUT2D eigenvalue weighted by Gasteiger charge is 2.32. The molecule has 1 fully saturated rings. The number of hydrogen-bond acceptors (Lipinski definition) is 3. The van der Waals surface area contributed by atoms with E-state index in [0.717, 1.165) is 42.4 Å². The Hall–Kier alpha value is -2.18. The van der Waals surface area contributed by atoms with Crippen LogP contribution in [0.5, 0.6) is 0 Å². The van der Waals surface area contributed by atoms with Gasteiger partial charge in [-0.3, -0.25) is 9.59 Å². The largest absolute Gasteiger partial charge is 0.352 e. The van der Waals surface area contributed by atoms with Crippen molar-refractivity contribution >= 4 is 58.4 Å². The van der Waals surface area contributed by atoms with Crippen LogP contribution in [0.2, 0.25) is 15.1 Å². The second-order valence-corrected chi connectivity index (χ2v) is 11.8. The Balaban J connectivity index is 1.57. The molecular weight excluding hydrogens is 559 g/mol. The quantitative estimate of drug-likeness (QED) is 0.251. The molecule has 0 aromatic heterocycles. The third-order valence-corrected chi connectivity index (χ3v) is 8.69. The summed E-state index contributed by atoms with van der Waals surface area (Å²) < 4.78 is 0. The Labute approximate surface area is 244 Å². The number of halogens is 3. The van der Waals surface area contributed by atoms with Gasteiger partial charge in [-0.1, -0.05) is 102 Å². The molecule has 0 spiro atoms. The molecule has 3 aromatic rings. The van der Waals surface area contributed by atoms with Crippen LogP contribution in [0.1, 0.15) is 42.4 Å². The van der Waals surface area contributed by atoms with Gasteiger partial charge in [0, 0.05) is 39.8 Å². The van der Waals surface area contributed by atoms with Gasteiger partial charge in [-0.2, -0.15) is 0 Å². The van der Waals surface area contributed by atoms with Crippen molar-refractivity contribution in [2.75, 3.05) is 5.75 Å². The number of nitrogens with one attached hydrogen (secondary N) is 1. The molecule has 3 aromatic carbocycles. The van der Waals surface area contributed by atoms with Crippen molar-refractivity contribution in [3.05, 3.63) is 105 Å². The zero-order valence-electron chi connectivity index (χ0n) is 21.0. The average Bonchev–Trinajstić information content (AvgIpc) is 3.42. The molecule has 1 atom stereocenters. The van der Waals surface area contributed by atoms with Crippen molar-refractivity contribution in [3.63, 3.8) is 0 Å². The van der Waals surface area contributed by atoms with Crippen LogP contribution >= 0.6 is 46.6 Å². The number of carbonyl (C=O) groups is 2. The van der Waals surface area contributed by atoms with Gasteiger partial charge in [-0.25, -0.2) is 0 Å². The van der Waals surface area contributed by atoms with E-state index in [1.807, 2.05) is 60.7 Å². The lowest BCUT2D eigenvalue weighted by Crippen LogP contribution is -2.52. The molecule has 8 heteroatoms. The summed E-state index contributed by atoms with van der Waals surface area (Å²) in [6.45, 7) is 0.246. The van der Waals surface area contributed by atoms with Crippen LogP contribution in [0.4, 0.5) is 0 Å². The number of nitrogens with zero attached hydrogens (tertiary/aromatic N) is 1. The molecule has 0 heterocycles. The van der Waals surface area contributed by atoms with E-state index in [1.54, 1.807) is 17.0 Å². The standard InChI is InChI=1S/C30H31Cl3N2O2S/c31-24-15-14-23(27(33)17-24)19-38-20-29(36)35(18-22-10-4-7-13-26(22)32)28(16-21-8-2-1-3-9-21)30(37)34-25-11-5-6-12-25/h1-4,7-10,13-15,17,25,28H,5-6,11-12,16,18-20H2,(H,34,37)/t28-/m1/s1. The van der Waals surface area contributed by atoms with Crippen molar-refractivity contribution in [1.29, 1.82) is 0 Å². The molecule has 38 heavy (non-hydrogen) atoms. The molecular formula is C30H31Cl3N2O2S. The maximum Gasteiger partial charge on any atom is 0.243 e. The minimum atomic E-state index is -0.665. The first-order valence-corrected chi connectivity index (χ1v) is 15.1. The molecule has 1 aliphatic rings. The summed E-state index contributed by atoms with van der Waals surface area (Å²) in [4.78, 5) is 29.2. The van der Waals surface area contributed by atoms with Crippen molar-refractivity contribution in [2.24, 2.45) is 0 Å². The first kappa shape index (κ1) is 28.8. The predicted octanol–water partition coefficient (Wildman–Crippen LogP) is 7.58. The fraction of sp³-hybridized carbons (Fsp3) is 0.333. The smallest absolute Gasteiger partial charge is 0.243 e. The van der Waals surface area contributed by atoms with E-state index < -0.39 is 6.04 Å². The molecule has 0 bridgehead atoms. The lowest BCUT2D eigenvalue weighted by molar-refractivity contribution is -0.139. The summed E-state index contributed by atoms with van der Waals surface area (Å²) in [5.41, 5.74) is 2.71. The molecule has 4 nitrogen and oxygen atoms in total. The maximum atomic E-state index is 13.8. The first-order valence-electron chi connectivity index (χ1n) is 12.8. The van der Waals surface area contributed by atoms with Crippen LogP contribution < -0.4 is 5.32 Å². The zero-order valence-corrected chi connectivity index (χ0v) is 24.1. The van der Waals surface area contributed by atoms with Gasteiger partial charge in [0.2, 0.25) is 11.8 Å². The third kappa shape index (κ3) is 8.16. The van der Waals surface area contributed by atoms with Gasteiger partial charge in [0.25, 0.3) is 0 Å². The Morgan fingerprint density at radius 3 is 2.32 bits per heavy atom. The number of hydrogen-bond donors (Lipinski definition) is 1. The predicted molar refractivity (Wildman–Crippen MR) is 159 cm³/mol. The molecule has 0 saturated heterocycles. The highest BCUT2D eigenvalue weighted by Crippen LogP contribution is 2.26. The molecule has 0 unspecified atom stereocenters. The van der Waals surface area contributed by atoms with Crippen molar-refractivity contribution in [3.8, 4) is 0 Å². The molecule has 4 rings (SSSR count). The number of benzene rings is 3. The van der Waals surface area contributed by atoms with Crippen LogP contribution in [0, 0.1) is 0 Å². The lowest BCUT2D eigenvalue weighted by Gasteiger charge is -2.32. The van der Waals surface area contributed by atoms with E-state index >= 15 is 0 Å². The fourth-order valence-corrected chi connectivity index (χ4v) is 6.37. The summed E-state index contributed by atoms with van der Waals surface area (Å²) in [5, 5.41) is 4.94. The fourth-order valence-electron chi connectivity index (χ4n) is 4.70. The third-order valence-electron chi connectivity index (χ3n) is 6.77. The van der Waals surface area contributed by atoms with E-state index in [-0.39, 0.29) is 30.2 Å². The van der Waals surface area contributed by atoms with Gasteiger partial charge in [-0.05, 0) is 47.7 Å². The van der Waals surface area contributed by atoms with Crippen LogP contribution in [-0.4, -0.2) is 34.6 Å². The topological polar surface area (TPSA) is 49.4 Å². The molecule has 2 amide bonds. The SMILES string of the molecule is O=C(NC1CCCC1)[C@@H](Cc1ccccc1)N(Cc1ccccc1Cl)C(=O)CSCc1ccc(Cl)cc1Cl. The van der Waals surface area contributed by atoms with Crippen LogP contribution in [0.15, 0.2) is 72.8 Å². The minimum Gasteiger partial charge on any atom is -0.352 e. The van der Waals surface area contributed by atoms with E-state index in [2.05, 4.69) is 5.32 Å². The molecule has 1 N–H and O–H groups in total. The highest BCUT2D eigenvalue weighted by atomic mass is 35.5. The lowest BCUT2D eigenvalue weighted by atomic mass is 10.0. The molecule has 0 aliphatic heterocycles. The Morgan fingerprint density at radius 2 is 1.61 bits per heavy atom. The summed E-state index contributed by atoms with van der Waals surface area (Å²) >= 11 is 20.3. The van der Waals surface area contributed by atoms with E-state index in [9.17, 15) is 9.59 Å². The van der Waals surface area contributed by atoms with Gasteiger partial charge < -0.3 is 10.2 Å². The van der Waals surface area contributed by atoms with Gasteiger partial charge in [0.05, 0.1) is 5.75 Å². The van der Waals surface area contributed by atoms with Gasteiger partial charge >= 0.3 is 0 Å². The molecule has 0 radical (unpaired) electrons. The van der Waals surface area contributed by atoms with E-state index in [1.165, 1.54) is 11.8 Å². The van der Waals surface area contributed by atoms with Crippen molar-refractivity contribution in [2.45, 2.75) is 56.5 Å². The monoisotopic (exact) mass is 588 g/mol. The Kier molecular flexibility index (Phi) is 10.8. The minimum absolute atomic E-state index is 0.119. The maximum absolute atomic E-state index is 13.8. The zero-order chi connectivity index (χ0) is 26.9. The van der Waals surface area contributed by atoms with E-state index in [4.69, 9.17) is 34.8 Å². The normalized spacial score (nSPS) is 14.3. The Bertz CT molecular complexity index is 1240. The number of carbonyl (C=O) groups excluding carboxylic acids is 2. The average molecular weight is 590 g/mol. The molecule has 1 aliphatic carbocycles. The molecule has 200 valence electrons. The Morgan fingerprint density at radius 1 is 0.895 bits per heavy atom. The van der Waals surface area contributed by atoms with Gasteiger partial charge in [-0.15, -0.1) is 11.8 Å². The number of thioether (sulfide) groups is 1. The van der Waals surface area contributed by atoms with Crippen molar-refractivity contribution < 1.29 is 9.59 Å². The second kappa shape index (κ2) is 14.3. The summed E-state index contributed by atoms with van der Waals surface area (Å²) in [7, 11) is 0. The van der Waals surface area contributed by atoms with Crippen LogP contribution in [0.25, 0.3) is 0 Å². The van der Waals surface area contributed by atoms with Crippen molar-refractivity contribution in [1.82, 2.24) is 10.2 Å². The van der Waals surface area contributed by atoms with Gasteiger partial charge in [0.15, 0.2) is 0 Å². The van der Waals surface area contributed by atoms with E-state index in [0.29, 0.717) is 27.2 Å². The summed E-state index contributed by atoms with van der Waals surface area (Å²) in [6.07, 6.45) is 4.59. The molecule has 1 saturated carbocycles. The highest BCUT2D eigenvalue weighted by molar-refractivity contribution is 7.99. The number of rotatable bonds is 11. The number of amides is 2. The van der Waals surface area contributed by atoms with Gasteiger partial charge in [0.1, 0.15) is 6.04 Å². The second-order valence-electron chi connectivity index (χ2n) is 9.54. The summed E-state index contributed by atoms with van der Waals surface area (Å²) in [6, 6.07) is 22.1. The first-order chi connectivity index (χ1) is 18.4. The van der Waals surface area contributed by atoms with Crippen LogP contribution in [-0.2, 0) is 28.3 Å². The van der Waals surface area contributed by atoms with Crippen LogP contribution in [0.3, 0.4) is 0 Å². The summed E-state index contributed by atoms with van der Waals surface area (Å²) in [5.74, 6) is 0.513.